The number of amides is 2. The van der Waals surface area contributed by atoms with Crippen LogP contribution < -0.4 is 10.1 Å². The summed E-state index contributed by atoms with van der Waals surface area (Å²) in [6.45, 7) is -2.04. The summed E-state index contributed by atoms with van der Waals surface area (Å²) < 4.78 is 28.2. The number of alkyl halides is 2. The van der Waals surface area contributed by atoms with E-state index < -0.39 is 18.5 Å². The molecule has 1 saturated heterocycles. The van der Waals surface area contributed by atoms with Gasteiger partial charge < -0.3 is 20.1 Å². The normalized spacial score (nSPS) is 17.6. The van der Waals surface area contributed by atoms with E-state index >= 15 is 0 Å². The van der Waals surface area contributed by atoms with Crippen LogP contribution in [-0.4, -0.2) is 41.7 Å². The molecule has 1 heterocycles. The minimum absolute atomic E-state index is 0.0499. The molecule has 1 atom stereocenters. The predicted molar refractivity (Wildman–Crippen MR) is 72.6 cm³/mol. The molecule has 1 unspecified atom stereocenters. The van der Waals surface area contributed by atoms with E-state index in [9.17, 15) is 18.4 Å². The summed E-state index contributed by atoms with van der Waals surface area (Å²) in [4.78, 5) is 24.2. The first kappa shape index (κ1) is 16.0. The summed E-state index contributed by atoms with van der Waals surface area (Å²) in [6, 6.07) is 5.59. The average molecular weight is 314 g/mol. The van der Waals surface area contributed by atoms with Crippen LogP contribution in [0.15, 0.2) is 24.3 Å². The standard InChI is InChI=1S/C14H16F2N2O4/c15-13(16)22-11-3-1-9(2-4-11)7-17-14(21)18-6-5-10(8-18)12(19)20/h1-4,10,13H,5-8H2,(H,17,21)(H,19,20). The van der Waals surface area contributed by atoms with Crippen molar-refractivity contribution in [1.82, 2.24) is 10.2 Å². The molecule has 2 N–H and O–H groups in total. The molecule has 1 aliphatic heterocycles. The number of hydrogen-bond donors (Lipinski definition) is 2. The average Bonchev–Trinajstić information content (AvgIpc) is 2.96. The van der Waals surface area contributed by atoms with Gasteiger partial charge in [-0.1, -0.05) is 12.1 Å². The van der Waals surface area contributed by atoms with E-state index in [0.29, 0.717) is 13.0 Å². The summed E-state index contributed by atoms with van der Waals surface area (Å²) in [5, 5.41) is 11.6. The van der Waals surface area contributed by atoms with Crippen molar-refractivity contribution in [2.24, 2.45) is 5.92 Å². The molecule has 0 spiro atoms. The maximum absolute atomic E-state index is 12.0. The van der Waals surface area contributed by atoms with Crippen molar-refractivity contribution in [2.45, 2.75) is 19.6 Å². The fourth-order valence-electron chi connectivity index (χ4n) is 2.22. The molecule has 120 valence electrons. The molecule has 22 heavy (non-hydrogen) atoms. The Morgan fingerprint density at radius 1 is 1.36 bits per heavy atom. The first-order chi connectivity index (χ1) is 10.5. The van der Waals surface area contributed by atoms with Crippen molar-refractivity contribution in [2.75, 3.05) is 13.1 Å². The van der Waals surface area contributed by atoms with E-state index in [1.807, 2.05) is 0 Å². The number of ether oxygens (including phenoxy) is 1. The van der Waals surface area contributed by atoms with Gasteiger partial charge in [0.25, 0.3) is 0 Å². The Morgan fingerprint density at radius 2 is 2.05 bits per heavy atom. The van der Waals surface area contributed by atoms with Gasteiger partial charge in [-0.3, -0.25) is 4.79 Å². The van der Waals surface area contributed by atoms with E-state index in [1.165, 1.54) is 17.0 Å². The van der Waals surface area contributed by atoms with Crippen molar-refractivity contribution < 1.29 is 28.2 Å². The Bertz CT molecular complexity index is 536. The third-order valence-electron chi connectivity index (χ3n) is 3.42. The van der Waals surface area contributed by atoms with Crippen molar-refractivity contribution >= 4 is 12.0 Å². The SMILES string of the molecule is O=C(O)C1CCN(C(=O)NCc2ccc(OC(F)F)cc2)C1. The van der Waals surface area contributed by atoms with Crippen molar-refractivity contribution in [3.05, 3.63) is 29.8 Å². The Hall–Kier alpha value is -2.38. The maximum Gasteiger partial charge on any atom is 0.387 e. The number of carboxylic acids is 1. The molecule has 0 aromatic heterocycles. The second kappa shape index (κ2) is 7.06. The van der Waals surface area contributed by atoms with Crippen LogP contribution in [0.4, 0.5) is 13.6 Å². The number of carbonyl (C=O) groups is 2. The summed E-state index contributed by atoms with van der Waals surface area (Å²) in [5.41, 5.74) is 0.726. The maximum atomic E-state index is 12.0. The molecular formula is C14H16F2N2O4. The van der Waals surface area contributed by atoms with E-state index in [4.69, 9.17) is 5.11 Å². The van der Waals surface area contributed by atoms with Crippen LogP contribution in [0.5, 0.6) is 5.75 Å². The van der Waals surface area contributed by atoms with Crippen molar-refractivity contribution in [3.63, 3.8) is 0 Å². The van der Waals surface area contributed by atoms with Gasteiger partial charge in [0.1, 0.15) is 5.75 Å². The molecule has 0 radical (unpaired) electrons. The minimum atomic E-state index is -2.87. The fraction of sp³-hybridized carbons (Fsp3) is 0.429. The van der Waals surface area contributed by atoms with Crippen LogP contribution in [0, 0.1) is 5.92 Å². The quantitative estimate of drug-likeness (QED) is 0.870. The van der Waals surface area contributed by atoms with Crippen LogP contribution in [0.1, 0.15) is 12.0 Å². The lowest BCUT2D eigenvalue weighted by molar-refractivity contribution is -0.141. The summed E-state index contributed by atoms with van der Waals surface area (Å²) in [6.07, 6.45) is 0.447. The van der Waals surface area contributed by atoms with Crippen LogP contribution in [-0.2, 0) is 11.3 Å². The highest BCUT2D eigenvalue weighted by atomic mass is 19.3. The number of nitrogens with one attached hydrogen (secondary N) is 1. The topological polar surface area (TPSA) is 78.9 Å². The van der Waals surface area contributed by atoms with Gasteiger partial charge in [-0.05, 0) is 24.1 Å². The molecular weight excluding hydrogens is 298 g/mol. The Balaban J connectivity index is 1.80. The van der Waals surface area contributed by atoms with Crippen molar-refractivity contribution in [1.29, 1.82) is 0 Å². The molecule has 0 aliphatic carbocycles. The second-order valence-corrected chi connectivity index (χ2v) is 4.95. The molecule has 0 saturated carbocycles. The monoisotopic (exact) mass is 314 g/mol. The molecule has 1 fully saturated rings. The Kier molecular flexibility index (Phi) is 5.13. The number of hydrogen-bond acceptors (Lipinski definition) is 3. The van der Waals surface area contributed by atoms with Crippen LogP contribution in [0.25, 0.3) is 0 Å². The van der Waals surface area contributed by atoms with E-state index in [2.05, 4.69) is 10.1 Å². The third kappa shape index (κ3) is 4.31. The lowest BCUT2D eigenvalue weighted by atomic mass is 10.1. The number of urea groups is 1. The van der Waals surface area contributed by atoms with Gasteiger partial charge in [-0.15, -0.1) is 0 Å². The Labute approximate surface area is 125 Å². The molecule has 1 aromatic carbocycles. The number of carbonyl (C=O) groups excluding carboxylic acids is 1. The molecule has 8 heteroatoms. The molecule has 6 nitrogen and oxygen atoms in total. The highest BCUT2D eigenvalue weighted by Gasteiger charge is 2.30. The van der Waals surface area contributed by atoms with E-state index in [0.717, 1.165) is 5.56 Å². The molecule has 2 rings (SSSR count). The summed E-state index contributed by atoms with van der Waals surface area (Å²) in [7, 11) is 0. The smallest absolute Gasteiger partial charge is 0.387 e. The zero-order valence-electron chi connectivity index (χ0n) is 11.7. The lowest BCUT2D eigenvalue weighted by Gasteiger charge is -2.16. The largest absolute Gasteiger partial charge is 0.481 e. The van der Waals surface area contributed by atoms with Gasteiger partial charge in [0.2, 0.25) is 0 Å². The summed E-state index contributed by atoms with van der Waals surface area (Å²) in [5.74, 6) is -1.37. The number of aliphatic carboxylic acids is 1. The summed E-state index contributed by atoms with van der Waals surface area (Å²) >= 11 is 0. The highest BCUT2D eigenvalue weighted by molar-refractivity contribution is 5.77. The van der Waals surface area contributed by atoms with Crippen molar-refractivity contribution in [3.8, 4) is 5.75 Å². The van der Waals surface area contributed by atoms with Gasteiger partial charge in [0.15, 0.2) is 0 Å². The highest BCUT2D eigenvalue weighted by Crippen LogP contribution is 2.17. The Morgan fingerprint density at radius 3 is 2.59 bits per heavy atom. The van der Waals surface area contributed by atoms with Gasteiger partial charge in [0.05, 0.1) is 5.92 Å². The van der Waals surface area contributed by atoms with Crippen LogP contribution in [0.3, 0.4) is 0 Å². The second-order valence-electron chi connectivity index (χ2n) is 4.95. The van der Waals surface area contributed by atoms with Gasteiger partial charge in [-0.25, -0.2) is 4.79 Å². The van der Waals surface area contributed by atoms with Gasteiger partial charge in [0, 0.05) is 19.6 Å². The predicted octanol–water partition coefficient (Wildman–Crippen LogP) is 1.90. The number of rotatable bonds is 5. The number of halogens is 2. The minimum Gasteiger partial charge on any atom is -0.481 e. The zero-order valence-corrected chi connectivity index (χ0v) is 11.7. The van der Waals surface area contributed by atoms with Crippen LogP contribution in [0.2, 0.25) is 0 Å². The number of nitrogens with zero attached hydrogens (tertiary/aromatic N) is 1. The first-order valence-corrected chi connectivity index (χ1v) is 6.75. The van der Waals surface area contributed by atoms with Gasteiger partial charge >= 0.3 is 18.6 Å². The zero-order chi connectivity index (χ0) is 16.1. The number of carboxylic acid groups (broad SMARTS) is 1. The molecule has 1 aromatic rings. The molecule has 2 amide bonds. The van der Waals surface area contributed by atoms with E-state index in [1.54, 1.807) is 12.1 Å². The third-order valence-corrected chi connectivity index (χ3v) is 3.42. The number of benzene rings is 1. The molecule has 1 aliphatic rings. The molecule has 0 bridgehead atoms. The lowest BCUT2D eigenvalue weighted by Crippen LogP contribution is -2.38. The van der Waals surface area contributed by atoms with Crippen LogP contribution >= 0.6 is 0 Å². The fourth-order valence-corrected chi connectivity index (χ4v) is 2.22. The van der Waals surface area contributed by atoms with Gasteiger partial charge in [-0.2, -0.15) is 8.78 Å². The number of likely N-dealkylation sites (tertiary alicyclic amines) is 1. The first-order valence-electron chi connectivity index (χ1n) is 6.75. The van der Waals surface area contributed by atoms with E-state index in [-0.39, 0.29) is 24.9 Å².